The third kappa shape index (κ3) is 24.6. The standard InChI is InChI=1S/C31H34N8O24S8.5Na/c1-33-30-26(38-34-19-2-4-20(5-3-19)66(42,43)13-10-57-64-62-60-40)18-25(37-35-23-8-6-21(16-27(23)69(48,49)50)67(44,45)14-11-58-65-63-61-41)29(32)31(30)39-36-24-9-7-22(17-28(24)70(51,52)53)68(46,47)15-12-59-71(54,55)56;;;;;/h2-9,16-18,33,40-41H,10-15,32H2,1H3,(H,48,49,50)(H,51,52,53)(H,54,55,56);;;;;/q;5*+1/p-5. The minimum Gasteiger partial charge on any atom is -0.744 e. The van der Waals surface area contributed by atoms with E-state index in [9.17, 15) is 74.7 Å². The van der Waals surface area contributed by atoms with Gasteiger partial charge in [-0.1, -0.05) is 0 Å². The van der Waals surface area contributed by atoms with Crippen LogP contribution in [0.2, 0.25) is 0 Å². The van der Waals surface area contributed by atoms with Crippen LogP contribution in [0.5, 0.6) is 0 Å². The first-order chi connectivity index (χ1) is 33.1. The monoisotopic (exact) mass is 1270 g/mol. The van der Waals surface area contributed by atoms with Crippen LogP contribution in [0.1, 0.15) is 0 Å². The number of benzene rings is 4. The molecule has 45 heteroatoms. The van der Waals surface area contributed by atoms with Gasteiger partial charge in [0.1, 0.15) is 48.7 Å². The molecule has 4 aromatic carbocycles. The number of anilines is 2. The minimum absolute atomic E-state index is 0. The van der Waals surface area contributed by atoms with E-state index in [-0.39, 0.29) is 194 Å². The van der Waals surface area contributed by atoms with E-state index < -0.39 is 145 Å². The number of nitrogens with two attached hydrogens (primary N) is 1. The molecule has 0 aliphatic rings. The van der Waals surface area contributed by atoms with Gasteiger partial charge in [-0.05, 0) is 66.7 Å². The Kier molecular flexibility index (Phi) is 36.4. The predicted molar refractivity (Wildman–Crippen MR) is 231 cm³/mol. The molecule has 0 amide bonds. The Labute approximate surface area is 553 Å². The van der Waals surface area contributed by atoms with Crippen LogP contribution in [0.25, 0.3) is 0 Å². The molecule has 0 aliphatic carbocycles. The summed E-state index contributed by atoms with van der Waals surface area (Å²) in [5.74, 6) is -2.55. The SMILES string of the molecule is CNc1c(N=Nc2ccc(S(=O)(=O)CCOSOO[O-])cc2)cc(N=Nc2ccc(S(=O)(=O)CCOSOO[O-])cc2S(=O)(=O)[O-])c(N)c1N=Nc1ccc(S(=O)(=O)CCOS(=O)(=O)[O-])cc1S(=O)(=O)[O-].[Na+].[Na+].[Na+].[Na+].[Na+]. The van der Waals surface area contributed by atoms with Gasteiger partial charge in [0.15, 0.2) is 54.2 Å². The molecule has 76 heavy (non-hydrogen) atoms. The van der Waals surface area contributed by atoms with Crippen molar-refractivity contribution in [3.8, 4) is 0 Å². The van der Waals surface area contributed by atoms with Crippen LogP contribution in [-0.4, -0.2) is 108 Å². The summed E-state index contributed by atoms with van der Waals surface area (Å²) in [4.78, 5) is -4.25. The smallest absolute Gasteiger partial charge is 0.744 e. The van der Waals surface area contributed by atoms with Crippen molar-refractivity contribution in [3.63, 3.8) is 0 Å². The fourth-order valence-corrected chi connectivity index (χ4v) is 10.9. The van der Waals surface area contributed by atoms with E-state index in [1.165, 1.54) is 19.2 Å². The third-order valence-electron chi connectivity index (χ3n) is 8.32. The van der Waals surface area contributed by atoms with Gasteiger partial charge in [-0.2, -0.15) is 5.11 Å². The number of azo groups is 3. The zero-order valence-corrected chi connectivity index (χ0v) is 56.5. The summed E-state index contributed by atoms with van der Waals surface area (Å²) in [6.45, 7) is -2.21. The molecule has 0 unspecified atom stereocenters. The molecule has 4 aromatic rings. The van der Waals surface area contributed by atoms with Gasteiger partial charge >= 0.3 is 148 Å². The molecule has 0 heterocycles. The summed E-state index contributed by atoms with van der Waals surface area (Å²) in [5.41, 5.74) is 2.79. The minimum atomic E-state index is -5.61. The summed E-state index contributed by atoms with van der Waals surface area (Å²) in [7, 11) is -28.1. The average Bonchev–Trinajstić information content (AvgIpc) is 3.28. The molecule has 0 spiro atoms. The zero-order valence-electron chi connectivity index (χ0n) is 39.9. The fourth-order valence-electron chi connectivity index (χ4n) is 5.17. The molecule has 0 bridgehead atoms. The van der Waals surface area contributed by atoms with Crippen molar-refractivity contribution in [2.75, 3.05) is 55.2 Å². The van der Waals surface area contributed by atoms with Crippen LogP contribution in [-0.2, 0) is 91.4 Å². The summed E-state index contributed by atoms with van der Waals surface area (Å²) in [6.07, 6.45) is 0. The molecule has 4 rings (SSSR count). The maximum atomic E-state index is 12.9. The van der Waals surface area contributed by atoms with Crippen LogP contribution in [0.15, 0.2) is 122 Å². The molecular weight excluding hydrogens is 1240 g/mol. The van der Waals surface area contributed by atoms with Crippen molar-refractivity contribution in [2.45, 2.75) is 24.5 Å². The second kappa shape index (κ2) is 35.4. The van der Waals surface area contributed by atoms with Gasteiger partial charge in [-0.25, -0.2) is 50.5 Å². The molecule has 0 saturated heterocycles. The van der Waals surface area contributed by atoms with Crippen molar-refractivity contribution < 1.29 is 254 Å². The number of sulfone groups is 3. The van der Waals surface area contributed by atoms with E-state index in [1.54, 1.807) is 0 Å². The number of hydrogen-bond acceptors (Lipinski definition) is 34. The van der Waals surface area contributed by atoms with Gasteiger partial charge in [-0.3, -0.25) is 22.6 Å². The second-order valence-corrected chi connectivity index (χ2v) is 23.9. The quantitative estimate of drug-likeness (QED) is 0.00614. The van der Waals surface area contributed by atoms with Crippen molar-refractivity contribution in [1.29, 1.82) is 0 Å². The average molecular weight is 1270 g/mol. The summed E-state index contributed by atoms with van der Waals surface area (Å²) in [5, 5.41) is 52.1. The maximum absolute atomic E-state index is 12.9. The first kappa shape index (κ1) is 78.3. The van der Waals surface area contributed by atoms with Crippen LogP contribution in [0.3, 0.4) is 0 Å². The number of hydrogen-bond donors (Lipinski definition) is 2. The topological polar surface area (TPSA) is 497 Å². The number of nitrogen functional groups attached to an aromatic ring is 1. The van der Waals surface area contributed by atoms with Crippen molar-refractivity contribution in [3.05, 3.63) is 66.7 Å². The van der Waals surface area contributed by atoms with Gasteiger partial charge in [0.05, 0.1) is 78.6 Å². The summed E-state index contributed by atoms with van der Waals surface area (Å²) >= 11 is 0.0901. The molecule has 0 aliphatic heterocycles. The van der Waals surface area contributed by atoms with Crippen LogP contribution < -0.4 is 169 Å². The Morgan fingerprint density at radius 3 is 1.33 bits per heavy atom. The zero-order chi connectivity index (χ0) is 52.8. The van der Waals surface area contributed by atoms with Crippen LogP contribution >= 0.6 is 24.6 Å². The van der Waals surface area contributed by atoms with Gasteiger partial charge in [-0.15, -0.1) is 34.2 Å². The van der Waals surface area contributed by atoms with Gasteiger partial charge in [0, 0.05) is 7.05 Å². The molecule has 0 aromatic heterocycles. The Balaban J connectivity index is 0. The van der Waals surface area contributed by atoms with E-state index in [1.807, 2.05) is 0 Å². The second-order valence-electron chi connectivity index (χ2n) is 12.8. The van der Waals surface area contributed by atoms with Crippen molar-refractivity contribution in [1.82, 2.24) is 0 Å². The maximum Gasteiger partial charge on any atom is 1.00 e. The van der Waals surface area contributed by atoms with Crippen LogP contribution in [0.4, 0.5) is 45.5 Å². The Bertz CT molecular complexity index is 3370. The van der Waals surface area contributed by atoms with E-state index in [2.05, 4.69) is 63.1 Å². The Hall–Kier alpha value is 0.200. The number of rotatable bonds is 28. The molecule has 0 saturated carbocycles. The largest absolute Gasteiger partial charge is 1.00 e. The molecule has 3 N–H and O–H groups in total. The van der Waals surface area contributed by atoms with E-state index in [0.717, 1.165) is 36.4 Å². The molecule has 0 fully saturated rings. The van der Waals surface area contributed by atoms with Gasteiger partial charge < -0.3 is 35.2 Å². The van der Waals surface area contributed by atoms with Crippen molar-refractivity contribution in [2.24, 2.45) is 30.7 Å². The van der Waals surface area contributed by atoms with Gasteiger partial charge in [0.2, 0.25) is 10.4 Å². The Morgan fingerprint density at radius 2 is 0.908 bits per heavy atom. The first-order valence-corrected chi connectivity index (χ1v) is 28.5. The summed E-state index contributed by atoms with van der Waals surface area (Å²) in [6, 6.07) is 9.68. The molecule has 0 radical (unpaired) electrons. The van der Waals surface area contributed by atoms with Crippen LogP contribution in [0, 0.1) is 0 Å². The molecular formula is C31H29N8Na5O24S8. The van der Waals surface area contributed by atoms with E-state index >= 15 is 0 Å². The first-order valence-electron chi connectivity index (χ1n) is 18.1. The number of nitrogens with zero attached hydrogens (tertiary/aromatic N) is 6. The molecule has 32 nitrogen and oxygen atoms in total. The fraction of sp³-hybridized carbons (Fsp3) is 0.226. The molecule has 390 valence electrons. The van der Waals surface area contributed by atoms with Crippen molar-refractivity contribution >= 4 is 130 Å². The van der Waals surface area contributed by atoms with Gasteiger partial charge in [0.25, 0.3) is 0 Å². The van der Waals surface area contributed by atoms with E-state index in [4.69, 9.17) is 9.92 Å². The summed E-state index contributed by atoms with van der Waals surface area (Å²) < 4.78 is 204. The Morgan fingerprint density at radius 1 is 0.513 bits per heavy atom. The van der Waals surface area contributed by atoms with E-state index in [0.29, 0.717) is 18.2 Å². The molecule has 0 atom stereocenters. The normalized spacial score (nSPS) is 12.3. The third-order valence-corrected chi connectivity index (χ3v) is 16.3. The predicted octanol–water partition coefficient (Wildman–Crippen LogP) is -13.2. The number of nitrogens with one attached hydrogen (secondary N) is 1.